The molecule has 4 heterocycles. The molecule has 16 nitrogen and oxygen atoms in total. The first-order valence-electron chi connectivity index (χ1n) is 16.3. The van der Waals surface area contributed by atoms with Crippen molar-refractivity contribution in [1.29, 1.82) is 0 Å². The minimum atomic E-state index is -1.77. The number of hydrogen-bond acceptors (Lipinski definition) is 14. The monoisotopic (exact) mass is 741 g/mol. The van der Waals surface area contributed by atoms with E-state index in [-0.39, 0.29) is 49.4 Å². The molecule has 1 saturated heterocycles. The van der Waals surface area contributed by atoms with Crippen molar-refractivity contribution in [3.8, 4) is 5.75 Å². The first-order chi connectivity index (χ1) is 24.6. The van der Waals surface area contributed by atoms with Crippen LogP contribution in [0.15, 0.2) is 65.2 Å². The largest absolute Gasteiger partial charge is 0.466 e. The van der Waals surface area contributed by atoms with Crippen LogP contribution in [0.25, 0.3) is 0 Å². The van der Waals surface area contributed by atoms with E-state index < -0.39 is 34.9 Å². The second-order valence-electron chi connectivity index (χ2n) is 11.5. The van der Waals surface area contributed by atoms with Gasteiger partial charge in [0.05, 0.1) is 6.61 Å². The molecule has 1 fully saturated rings. The molecule has 272 valence electrons. The van der Waals surface area contributed by atoms with Crippen LogP contribution in [0.3, 0.4) is 0 Å². The molecule has 2 aromatic heterocycles. The first kappa shape index (κ1) is 37.6. The number of esters is 3. The smallest absolute Gasteiger partial charge is 0.355 e. The Balaban J connectivity index is 1.35. The van der Waals surface area contributed by atoms with Crippen LogP contribution in [0, 0.1) is 0 Å². The third kappa shape index (κ3) is 8.45. The molecule has 1 aromatic carbocycles. The predicted octanol–water partition coefficient (Wildman–Crippen LogP) is 2.77. The SMILES string of the molecule is CCOC(=O)CCCC(C(=O)NC1(OC)C(=O)N2C(C(=O)OCc3ccc(OC(=O)CC)cc3)=C(CSc3nnnn3C)CSC21)n1cccc1. The first-order valence-corrected chi connectivity index (χ1v) is 18.3. The Bertz CT molecular complexity index is 1760. The molecular weight excluding hydrogens is 703 g/mol. The van der Waals surface area contributed by atoms with Crippen LogP contribution in [-0.4, -0.2) is 95.7 Å². The molecule has 3 atom stereocenters. The van der Waals surface area contributed by atoms with Gasteiger partial charge in [-0.05, 0) is 65.6 Å². The Kier molecular flexibility index (Phi) is 12.5. The summed E-state index contributed by atoms with van der Waals surface area (Å²) in [4.78, 5) is 66.7. The predicted molar refractivity (Wildman–Crippen MR) is 184 cm³/mol. The zero-order chi connectivity index (χ0) is 36.5. The van der Waals surface area contributed by atoms with Crippen LogP contribution >= 0.6 is 23.5 Å². The molecule has 51 heavy (non-hydrogen) atoms. The lowest BCUT2D eigenvalue weighted by atomic mass is 9.97. The second-order valence-corrected chi connectivity index (χ2v) is 13.5. The molecule has 2 amide bonds. The van der Waals surface area contributed by atoms with E-state index in [1.807, 2.05) is 0 Å². The number of thioether (sulfide) groups is 2. The fourth-order valence-corrected chi connectivity index (χ4v) is 7.95. The van der Waals surface area contributed by atoms with Crippen molar-refractivity contribution in [2.75, 3.05) is 25.2 Å². The van der Waals surface area contributed by atoms with Gasteiger partial charge in [-0.2, -0.15) is 0 Å². The average molecular weight is 742 g/mol. The Morgan fingerprint density at radius 2 is 1.84 bits per heavy atom. The lowest BCUT2D eigenvalue weighted by molar-refractivity contribution is -0.193. The molecule has 0 bridgehead atoms. The summed E-state index contributed by atoms with van der Waals surface area (Å²) in [6.45, 7) is 3.57. The average Bonchev–Trinajstić information content (AvgIpc) is 3.82. The van der Waals surface area contributed by atoms with Crippen molar-refractivity contribution in [3.05, 3.63) is 65.6 Å². The summed E-state index contributed by atoms with van der Waals surface area (Å²) in [5.41, 5.74) is -0.462. The van der Waals surface area contributed by atoms with Crippen LogP contribution in [0.2, 0.25) is 0 Å². The lowest BCUT2D eigenvalue weighted by Gasteiger charge is -2.56. The molecule has 2 aliphatic rings. The van der Waals surface area contributed by atoms with Crippen LogP contribution in [0.5, 0.6) is 5.75 Å². The van der Waals surface area contributed by atoms with Crippen molar-refractivity contribution in [1.82, 2.24) is 35.0 Å². The van der Waals surface area contributed by atoms with Gasteiger partial charge in [-0.25, -0.2) is 9.48 Å². The quantitative estimate of drug-likeness (QED) is 0.0700. The number of aromatic nitrogens is 5. The summed E-state index contributed by atoms with van der Waals surface area (Å²) in [5.74, 6) is -1.61. The number of rotatable bonds is 17. The molecule has 0 aliphatic carbocycles. The third-order valence-corrected chi connectivity index (χ3v) is 10.6. The maximum Gasteiger partial charge on any atom is 0.355 e. The molecule has 0 spiro atoms. The van der Waals surface area contributed by atoms with Gasteiger partial charge in [-0.15, -0.1) is 16.9 Å². The number of aryl methyl sites for hydroxylation is 1. The van der Waals surface area contributed by atoms with E-state index in [0.29, 0.717) is 40.6 Å². The summed E-state index contributed by atoms with van der Waals surface area (Å²) in [5, 5.41) is 14.1. The third-order valence-electron chi connectivity index (χ3n) is 8.16. The fraction of sp³-hybridized carbons (Fsp3) is 0.455. The summed E-state index contributed by atoms with van der Waals surface area (Å²) < 4.78 is 24.9. The normalized spacial score (nSPS) is 18.8. The number of fused-ring (bicyclic) bond motifs is 1. The summed E-state index contributed by atoms with van der Waals surface area (Å²) in [6, 6.07) is 9.36. The zero-order valence-corrected chi connectivity index (χ0v) is 30.2. The van der Waals surface area contributed by atoms with Gasteiger partial charge >= 0.3 is 17.9 Å². The Morgan fingerprint density at radius 3 is 2.49 bits per heavy atom. The molecular formula is C33H39N7O9S2. The highest BCUT2D eigenvalue weighted by Crippen LogP contribution is 2.47. The van der Waals surface area contributed by atoms with Gasteiger partial charge in [0.2, 0.25) is 11.1 Å². The Hall–Kier alpha value is -4.68. The highest BCUT2D eigenvalue weighted by molar-refractivity contribution is 8.01. The van der Waals surface area contributed by atoms with Crippen LogP contribution in [-0.2, 0) is 51.8 Å². The molecule has 3 unspecified atom stereocenters. The standard InChI is InChI=1S/C33H39N7O9S2/c1-5-25(41)49-23-14-12-21(13-15-23)18-48-29(44)27-22(20-51-32-35-36-37-38(32)3)19-50-31-33(46-4,30(45)40(27)31)34-28(43)24(39-16-7-8-17-39)10-9-11-26(42)47-6-2/h7-8,12-17,24,31H,5-6,9-11,18-20H2,1-4H3,(H,34,43). The van der Waals surface area contributed by atoms with E-state index in [1.54, 1.807) is 74.3 Å². The molecule has 2 aliphatic heterocycles. The zero-order valence-electron chi connectivity index (χ0n) is 28.6. The van der Waals surface area contributed by atoms with E-state index in [0.717, 1.165) is 0 Å². The number of ether oxygens (including phenoxy) is 4. The number of methoxy groups -OCH3 is 1. The number of nitrogens with one attached hydrogen (secondary N) is 1. The molecule has 1 N–H and O–H groups in total. The van der Waals surface area contributed by atoms with Crippen molar-refractivity contribution >= 4 is 53.2 Å². The van der Waals surface area contributed by atoms with Crippen molar-refractivity contribution in [3.63, 3.8) is 0 Å². The van der Waals surface area contributed by atoms with Crippen molar-refractivity contribution in [2.45, 2.75) is 68.4 Å². The number of β-lactam (4-membered cyclic amide) rings is 1. The van der Waals surface area contributed by atoms with Crippen molar-refractivity contribution < 1.29 is 42.9 Å². The second kappa shape index (κ2) is 17.0. The molecule has 0 radical (unpaired) electrons. The van der Waals surface area contributed by atoms with E-state index >= 15 is 0 Å². The highest BCUT2D eigenvalue weighted by Gasteiger charge is 2.67. The molecule has 18 heteroatoms. The summed E-state index contributed by atoms with van der Waals surface area (Å²) in [7, 11) is 3.02. The molecule has 5 rings (SSSR count). The van der Waals surface area contributed by atoms with Gasteiger partial charge in [0.15, 0.2) is 0 Å². The number of carbonyl (C=O) groups excluding carboxylic acids is 5. The fourth-order valence-electron chi connectivity index (χ4n) is 5.52. The van der Waals surface area contributed by atoms with E-state index in [4.69, 9.17) is 18.9 Å². The van der Waals surface area contributed by atoms with E-state index in [1.165, 1.54) is 40.2 Å². The number of hydrogen-bond donors (Lipinski definition) is 1. The van der Waals surface area contributed by atoms with Crippen LogP contribution in [0.1, 0.15) is 51.1 Å². The van der Waals surface area contributed by atoms with Gasteiger partial charge in [-0.1, -0.05) is 30.8 Å². The number of tetrazole rings is 1. The minimum absolute atomic E-state index is 0.0539. The van der Waals surface area contributed by atoms with Gasteiger partial charge < -0.3 is 28.8 Å². The number of benzene rings is 1. The minimum Gasteiger partial charge on any atom is -0.466 e. The van der Waals surface area contributed by atoms with Gasteiger partial charge in [-0.3, -0.25) is 24.1 Å². The summed E-state index contributed by atoms with van der Waals surface area (Å²) >= 11 is 2.63. The maximum atomic E-state index is 14.1. The topological polar surface area (TPSA) is 186 Å². The Morgan fingerprint density at radius 1 is 1.10 bits per heavy atom. The molecule has 3 aromatic rings. The van der Waals surface area contributed by atoms with Gasteiger partial charge in [0, 0.05) is 50.9 Å². The van der Waals surface area contributed by atoms with Crippen LogP contribution < -0.4 is 10.1 Å². The number of carbonyl (C=O) groups is 5. The Labute approximate surface area is 302 Å². The summed E-state index contributed by atoms with van der Waals surface area (Å²) in [6.07, 6.45) is 4.51. The lowest BCUT2D eigenvalue weighted by Crippen LogP contribution is -2.81. The van der Waals surface area contributed by atoms with Gasteiger partial charge in [0.25, 0.3) is 11.6 Å². The van der Waals surface area contributed by atoms with Crippen molar-refractivity contribution in [2.24, 2.45) is 7.05 Å². The number of amides is 2. The molecule has 0 saturated carbocycles. The number of nitrogens with zero attached hydrogens (tertiary/aromatic N) is 6. The van der Waals surface area contributed by atoms with E-state index in [2.05, 4.69) is 20.8 Å². The van der Waals surface area contributed by atoms with E-state index in [9.17, 15) is 24.0 Å². The van der Waals surface area contributed by atoms with Gasteiger partial charge in [0.1, 0.15) is 29.5 Å². The van der Waals surface area contributed by atoms with Crippen LogP contribution in [0.4, 0.5) is 0 Å². The maximum absolute atomic E-state index is 14.1. The highest BCUT2D eigenvalue weighted by atomic mass is 32.2.